The molecule has 1 aromatic rings. The molecule has 0 saturated carbocycles. The summed E-state index contributed by atoms with van der Waals surface area (Å²) in [5.41, 5.74) is -0.441. The Balaban J connectivity index is 2.32. The van der Waals surface area contributed by atoms with E-state index in [-0.39, 0.29) is 16.8 Å². The van der Waals surface area contributed by atoms with E-state index in [4.69, 9.17) is 11.6 Å². The largest absolute Gasteiger partial charge is 0.418 e. The van der Waals surface area contributed by atoms with Gasteiger partial charge < -0.3 is 10.2 Å². The molecule has 2 nitrogen and oxygen atoms in total. The molecule has 112 valence electrons. The average molecular weight is 307 g/mol. The van der Waals surface area contributed by atoms with Crippen molar-refractivity contribution in [2.75, 3.05) is 24.5 Å². The molecule has 0 aliphatic carbocycles. The summed E-state index contributed by atoms with van der Waals surface area (Å²) in [7, 11) is 0. The van der Waals surface area contributed by atoms with Crippen molar-refractivity contribution in [3.63, 3.8) is 0 Å². The van der Waals surface area contributed by atoms with Crippen LogP contribution in [0.1, 0.15) is 19.4 Å². The lowest BCUT2D eigenvalue weighted by molar-refractivity contribution is -0.137. The molecule has 1 unspecified atom stereocenters. The second kappa shape index (κ2) is 5.82. The van der Waals surface area contributed by atoms with Gasteiger partial charge in [0, 0.05) is 36.4 Å². The van der Waals surface area contributed by atoms with E-state index in [9.17, 15) is 13.2 Å². The van der Waals surface area contributed by atoms with Crippen LogP contribution in [0.15, 0.2) is 18.2 Å². The van der Waals surface area contributed by atoms with Crippen molar-refractivity contribution < 1.29 is 13.2 Å². The third-order valence-corrected chi connectivity index (χ3v) is 3.85. The zero-order chi connectivity index (χ0) is 14.9. The number of benzene rings is 1. The number of anilines is 1. The summed E-state index contributed by atoms with van der Waals surface area (Å²) in [6.07, 6.45) is -4.39. The summed E-state index contributed by atoms with van der Waals surface area (Å²) in [6, 6.07) is 4.18. The van der Waals surface area contributed by atoms with Crippen molar-refractivity contribution in [3.05, 3.63) is 28.8 Å². The third-order valence-electron chi connectivity index (χ3n) is 3.61. The summed E-state index contributed by atoms with van der Waals surface area (Å²) in [5.74, 6) is 0.374. The molecule has 2 rings (SSSR count). The van der Waals surface area contributed by atoms with E-state index in [0.29, 0.717) is 25.6 Å². The molecule has 6 heteroatoms. The molecule has 1 aliphatic rings. The van der Waals surface area contributed by atoms with Crippen LogP contribution >= 0.6 is 11.6 Å². The number of nitrogens with one attached hydrogen (secondary N) is 1. The summed E-state index contributed by atoms with van der Waals surface area (Å²) in [4.78, 5) is 1.79. The average Bonchev–Trinajstić information content (AvgIpc) is 2.37. The van der Waals surface area contributed by atoms with Crippen LogP contribution in [0, 0.1) is 5.92 Å². The molecule has 1 N–H and O–H groups in total. The van der Waals surface area contributed by atoms with Gasteiger partial charge >= 0.3 is 6.18 Å². The number of hydrogen-bond acceptors (Lipinski definition) is 2. The van der Waals surface area contributed by atoms with Crippen molar-refractivity contribution in [3.8, 4) is 0 Å². The van der Waals surface area contributed by atoms with E-state index >= 15 is 0 Å². The van der Waals surface area contributed by atoms with Crippen LogP contribution in [-0.4, -0.2) is 25.7 Å². The first-order valence-electron chi connectivity index (χ1n) is 6.64. The Hall–Kier alpha value is -0.940. The molecular weight excluding hydrogens is 289 g/mol. The van der Waals surface area contributed by atoms with Crippen molar-refractivity contribution in [1.29, 1.82) is 0 Å². The summed E-state index contributed by atoms with van der Waals surface area (Å²) < 4.78 is 39.4. The highest BCUT2D eigenvalue weighted by atomic mass is 35.5. The highest BCUT2D eigenvalue weighted by molar-refractivity contribution is 6.30. The SMILES string of the molecule is CC(C)C1CN(c2ccc(Cl)cc2C(F)(F)F)CCN1. The first-order valence-corrected chi connectivity index (χ1v) is 7.02. The predicted octanol–water partition coefficient (Wildman–Crippen LogP) is 3.79. The van der Waals surface area contributed by atoms with E-state index < -0.39 is 11.7 Å². The molecule has 0 aromatic heterocycles. The van der Waals surface area contributed by atoms with Gasteiger partial charge in [0.25, 0.3) is 0 Å². The fraction of sp³-hybridized carbons (Fsp3) is 0.571. The zero-order valence-electron chi connectivity index (χ0n) is 11.5. The minimum Gasteiger partial charge on any atom is -0.368 e. The van der Waals surface area contributed by atoms with Crippen LogP contribution in [0.2, 0.25) is 5.02 Å². The molecule has 1 heterocycles. The van der Waals surface area contributed by atoms with E-state index in [0.717, 1.165) is 6.07 Å². The van der Waals surface area contributed by atoms with Crippen molar-refractivity contribution in [2.24, 2.45) is 5.92 Å². The monoisotopic (exact) mass is 306 g/mol. The molecule has 0 amide bonds. The molecule has 0 bridgehead atoms. The fourth-order valence-corrected chi connectivity index (χ4v) is 2.63. The zero-order valence-corrected chi connectivity index (χ0v) is 12.2. The van der Waals surface area contributed by atoms with Crippen molar-refractivity contribution >= 4 is 17.3 Å². The Morgan fingerprint density at radius 1 is 1.35 bits per heavy atom. The fourth-order valence-electron chi connectivity index (χ4n) is 2.45. The van der Waals surface area contributed by atoms with Gasteiger partial charge in [-0.15, -0.1) is 0 Å². The van der Waals surface area contributed by atoms with Crippen molar-refractivity contribution in [1.82, 2.24) is 5.32 Å². The van der Waals surface area contributed by atoms with Gasteiger partial charge in [-0.05, 0) is 24.1 Å². The molecule has 1 aliphatic heterocycles. The third kappa shape index (κ3) is 3.38. The Morgan fingerprint density at radius 2 is 2.05 bits per heavy atom. The van der Waals surface area contributed by atoms with E-state index in [1.54, 1.807) is 4.90 Å². The highest BCUT2D eigenvalue weighted by Gasteiger charge is 2.36. The van der Waals surface area contributed by atoms with E-state index in [2.05, 4.69) is 19.2 Å². The first kappa shape index (κ1) is 15.4. The van der Waals surface area contributed by atoms with Gasteiger partial charge in [-0.3, -0.25) is 0 Å². The number of halogens is 4. The predicted molar refractivity (Wildman–Crippen MR) is 75.3 cm³/mol. The second-order valence-corrected chi connectivity index (χ2v) is 5.85. The standard InChI is InChI=1S/C14H18ClF3N2/c1-9(2)12-8-20(6-5-19-12)13-4-3-10(15)7-11(13)14(16,17)18/h3-4,7,9,12,19H,5-6,8H2,1-2H3. The topological polar surface area (TPSA) is 15.3 Å². The lowest BCUT2D eigenvalue weighted by Gasteiger charge is -2.38. The van der Waals surface area contributed by atoms with E-state index in [1.165, 1.54) is 12.1 Å². The van der Waals surface area contributed by atoms with Gasteiger partial charge in [-0.1, -0.05) is 25.4 Å². The lowest BCUT2D eigenvalue weighted by atomic mass is 10.0. The van der Waals surface area contributed by atoms with Crippen LogP contribution in [0.4, 0.5) is 18.9 Å². The maximum atomic E-state index is 13.1. The lowest BCUT2D eigenvalue weighted by Crippen LogP contribution is -2.53. The Labute approximate surface area is 121 Å². The normalized spacial score (nSPS) is 20.6. The molecule has 20 heavy (non-hydrogen) atoms. The summed E-state index contributed by atoms with van der Waals surface area (Å²) in [6.45, 7) is 5.94. The number of piperazine rings is 1. The number of hydrogen-bond donors (Lipinski definition) is 1. The minimum absolute atomic E-state index is 0.108. The number of rotatable bonds is 2. The summed E-state index contributed by atoms with van der Waals surface area (Å²) in [5, 5.41) is 3.45. The van der Waals surface area contributed by atoms with Crippen LogP contribution in [0.5, 0.6) is 0 Å². The smallest absolute Gasteiger partial charge is 0.368 e. The van der Waals surface area contributed by atoms with E-state index in [1.807, 2.05) is 0 Å². The molecule has 1 fully saturated rings. The van der Waals surface area contributed by atoms with Crippen molar-refractivity contribution in [2.45, 2.75) is 26.1 Å². The molecule has 0 radical (unpaired) electrons. The van der Waals surface area contributed by atoms with Crippen LogP contribution in [0.3, 0.4) is 0 Å². The molecule has 1 aromatic carbocycles. The highest BCUT2D eigenvalue weighted by Crippen LogP contribution is 2.38. The number of alkyl halides is 3. The molecule has 0 spiro atoms. The Kier molecular flexibility index (Phi) is 4.49. The molecular formula is C14H18ClF3N2. The Bertz CT molecular complexity index is 474. The molecule has 1 saturated heterocycles. The van der Waals surface area contributed by atoms with Crippen LogP contribution in [-0.2, 0) is 6.18 Å². The first-order chi connectivity index (χ1) is 9.29. The number of nitrogens with zero attached hydrogens (tertiary/aromatic N) is 1. The van der Waals surface area contributed by atoms with Gasteiger partial charge in [-0.25, -0.2) is 0 Å². The van der Waals surface area contributed by atoms with Gasteiger partial charge in [0.2, 0.25) is 0 Å². The maximum Gasteiger partial charge on any atom is 0.418 e. The Morgan fingerprint density at radius 3 is 2.65 bits per heavy atom. The van der Waals surface area contributed by atoms with Crippen LogP contribution < -0.4 is 10.2 Å². The van der Waals surface area contributed by atoms with Gasteiger partial charge in [0.1, 0.15) is 0 Å². The second-order valence-electron chi connectivity index (χ2n) is 5.41. The summed E-state index contributed by atoms with van der Waals surface area (Å²) >= 11 is 5.71. The van der Waals surface area contributed by atoms with Crippen LogP contribution in [0.25, 0.3) is 0 Å². The van der Waals surface area contributed by atoms with Gasteiger partial charge in [-0.2, -0.15) is 13.2 Å². The molecule has 1 atom stereocenters. The quantitative estimate of drug-likeness (QED) is 0.894. The van der Waals surface area contributed by atoms with Gasteiger partial charge in [0.05, 0.1) is 5.56 Å². The minimum atomic E-state index is -4.39. The van der Waals surface area contributed by atoms with Gasteiger partial charge in [0.15, 0.2) is 0 Å². The maximum absolute atomic E-state index is 13.1.